The van der Waals surface area contributed by atoms with Gasteiger partial charge in [0.2, 0.25) is 0 Å². The first kappa shape index (κ1) is 20.2. The van der Waals surface area contributed by atoms with Crippen molar-refractivity contribution >= 4 is 0 Å². The van der Waals surface area contributed by atoms with Crippen LogP contribution in [0.25, 0.3) is 0 Å². The highest BCUT2D eigenvalue weighted by Crippen LogP contribution is 2.68. The van der Waals surface area contributed by atoms with Gasteiger partial charge in [-0.1, -0.05) is 63.3 Å². The molecule has 4 aliphatic carbocycles. The molecular weight excluding hydrogens is 326 g/mol. The molecule has 0 aromatic rings. The Hall–Kier alpha value is -1.55. The van der Waals surface area contributed by atoms with Gasteiger partial charge < -0.3 is 0 Å². The van der Waals surface area contributed by atoms with E-state index >= 15 is 0 Å². The van der Waals surface area contributed by atoms with Gasteiger partial charge in [0.05, 0.1) is 6.07 Å². The number of hydrogen-bond donors (Lipinski definition) is 0. The molecule has 0 N–H and O–H groups in total. The third kappa shape index (κ3) is 3.06. The molecule has 0 aliphatic heterocycles. The first-order valence-electron chi connectivity index (χ1n) is 10.7. The zero-order chi connectivity index (χ0) is 20.0. The topological polar surface area (TPSA) is 23.8 Å². The molecule has 0 saturated heterocycles. The molecule has 0 radical (unpaired) electrons. The predicted molar refractivity (Wildman–Crippen MR) is 115 cm³/mol. The lowest BCUT2D eigenvalue weighted by Crippen LogP contribution is -2.49. The molecule has 4 rings (SSSR count). The van der Waals surface area contributed by atoms with Gasteiger partial charge in [0.15, 0.2) is 0 Å². The molecule has 0 amide bonds. The third-order valence-electron chi connectivity index (χ3n) is 8.52. The van der Waals surface area contributed by atoms with E-state index in [0.29, 0.717) is 5.41 Å². The van der Waals surface area contributed by atoms with E-state index in [4.69, 9.17) is 5.26 Å². The molecule has 0 aromatic carbocycles. The van der Waals surface area contributed by atoms with Crippen molar-refractivity contribution in [1.82, 2.24) is 0 Å². The second-order valence-electron chi connectivity index (χ2n) is 10.1. The van der Waals surface area contributed by atoms with Gasteiger partial charge in [-0.15, -0.1) is 0 Å². The number of nitriles is 1. The Balaban J connectivity index is 0.000000659. The van der Waals surface area contributed by atoms with Crippen LogP contribution in [0.5, 0.6) is 0 Å². The van der Waals surface area contributed by atoms with Crippen molar-refractivity contribution in [3.8, 4) is 6.07 Å². The Morgan fingerprint density at radius 1 is 1.26 bits per heavy atom. The number of rotatable bonds is 1. The van der Waals surface area contributed by atoms with Crippen LogP contribution < -0.4 is 0 Å². The standard InChI is InChI=1S/C24H34.C2H3N/c1-15(2)22-17(4)14-21-19-8-7-18-13-16(3)9-11-23(18,5)20(19)10-12-24(21,22)6;1-2-3/h9,11,13,17,19-22H,1,3,7-8,10,12,14H2,2,4-6H3;1H3. The first-order chi connectivity index (χ1) is 12.7. The Morgan fingerprint density at radius 3 is 2.56 bits per heavy atom. The normalized spacial score (nSPS) is 44.7. The van der Waals surface area contributed by atoms with Crippen molar-refractivity contribution < 1.29 is 0 Å². The van der Waals surface area contributed by atoms with Gasteiger partial charge >= 0.3 is 0 Å². The summed E-state index contributed by atoms with van der Waals surface area (Å²) in [6.07, 6.45) is 14.0. The summed E-state index contributed by atoms with van der Waals surface area (Å²) in [5, 5.41) is 7.32. The summed E-state index contributed by atoms with van der Waals surface area (Å²) in [5.74, 6) is 4.16. The van der Waals surface area contributed by atoms with Crippen molar-refractivity contribution in [2.24, 2.45) is 40.4 Å². The van der Waals surface area contributed by atoms with Crippen molar-refractivity contribution in [2.75, 3.05) is 0 Å². The van der Waals surface area contributed by atoms with Crippen LogP contribution in [0.1, 0.15) is 66.7 Å². The maximum absolute atomic E-state index is 7.32. The van der Waals surface area contributed by atoms with E-state index in [1.165, 1.54) is 50.2 Å². The van der Waals surface area contributed by atoms with Crippen LogP contribution in [0, 0.1) is 51.8 Å². The maximum Gasteiger partial charge on any atom is 0.0587 e. The van der Waals surface area contributed by atoms with Crippen molar-refractivity contribution in [1.29, 1.82) is 5.26 Å². The molecule has 4 aliphatic rings. The van der Waals surface area contributed by atoms with Gasteiger partial charge in [0.1, 0.15) is 0 Å². The fourth-order valence-electron chi connectivity index (χ4n) is 7.69. The van der Waals surface area contributed by atoms with E-state index < -0.39 is 0 Å². The number of hydrogen-bond acceptors (Lipinski definition) is 1. The fourth-order valence-corrected chi connectivity index (χ4v) is 7.69. The van der Waals surface area contributed by atoms with Gasteiger partial charge in [-0.05, 0) is 79.6 Å². The summed E-state index contributed by atoms with van der Waals surface area (Å²) >= 11 is 0. The van der Waals surface area contributed by atoms with Crippen LogP contribution in [0.3, 0.4) is 0 Å². The highest BCUT2D eigenvalue weighted by Gasteiger charge is 2.60. The smallest absolute Gasteiger partial charge is 0.0587 e. The Kier molecular flexibility index (Phi) is 5.33. The minimum atomic E-state index is 0.288. The largest absolute Gasteiger partial charge is 0.199 e. The van der Waals surface area contributed by atoms with Crippen LogP contribution in [0.4, 0.5) is 0 Å². The van der Waals surface area contributed by atoms with Crippen molar-refractivity contribution in [2.45, 2.75) is 66.7 Å². The summed E-state index contributed by atoms with van der Waals surface area (Å²) in [6.45, 7) is 19.9. The first-order valence-corrected chi connectivity index (χ1v) is 10.7. The SMILES string of the molecule is C=C1C=CC2(C)C(=C1)CCC1C2CCC2(C)C1CC(C)C2C(=C)C.CC#N. The van der Waals surface area contributed by atoms with E-state index in [1.54, 1.807) is 11.6 Å². The van der Waals surface area contributed by atoms with E-state index in [9.17, 15) is 0 Å². The average molecular weight is 364 g/mol. The summed E-state index contributed by atoms with van der Waals surface area (Å²) in [7, 11) is 0. The molecule has 0 spiro atoms. The third-order valence-corrected chi connectivity index (χ3v) is 8.52. The Labute approximate surface area is 166 Å². The second-order valence-corrected chi connectivity index (χ2v) is 10.1. The number of fused-ring (bicyclic) bond motifs is 5. The molecule has 146 valence electrons. The summed E-state index contributed by atoms with van der Waals surface area (Å²) in [6, 6.07) is 1.75. The van der Waals surface area contributed by atoms with E-state index in [2.05, 4.69) is 59.1 Å². The van der Waals surface area contributed by atoms with Crippen LogP contribution in [-0.4, -0.2) is 0 Å². The molecule has 27 heavy (non-hydrogen) atoms. The van der Waals surface area contributed by atoms with Crippen LogP contribution in [-0.2, 0) is 0 Å². The van der Waals surface area contributed by atoms with Gasteiger partial charge in [-0.25, -0.2) is 0 Å². The quantitative estimate of drug-likeness (QED) is 0.450. The lowest BCUT2D eigenvalue weighted by atomic mass is 9.47. The summed E-state index contributed by atoms with van der Waals surface area (Å²) in [4.78, 5) is 0. The lowest BCUT2D eigenvalue weighted by molar-refractivity contribution is -0.0281. The second kappa shape index (κ2) is 7.12. The lowest BCUT2D eigenvalue weighted by Gasteiger charge is -2.57. The highest BCUT2D eigenvalue weighted by atomic mass is 14.6. The highest BCUT2D eigenvalue weighted by molar-refractivity contribution is 5.43. The minimum absolute atomic E-state index is 0.288. The van der Waals surface area contributed by atoms with Gasteiger partial charge in [0.25, 0.3) is 0 Å². The molecule has 0 aromatic heterocycles. The molecular formula is C26H37N. The van der Waals surface area contributed by atoms with E-state index in [-0.39, 0.29) is 5.41 Å². The molecule has 1 nitrogen and oxygen atoms in total. The number of allylic oxidation sites excluding steroid dienone is 6. The van der Waals surface area contributed by atoms with Crippen LogP contribution >= 0.6 is 0 Å². The zero-order valence-electron chi connectivity index (χ0n) is 18.0. The van der Waals surface area contributed by atoms with Crippen molar-refractivity contribution in [3.05, 3.63) is 48.1 Å². The molecule has 7 unspecified atom stereocenters. The fraction of sp³-hybridized carbons (Fsp3) is 0.654. The predicted octanol–water partition coefficient (Wildman–Crippen LogP) is 7.25. The Morgan fingerprint density at radius 2 is 1.93 bits per heavy atom. The molecule has 7 atom stereocenters. The van der Waals surface area contributed by atoms with E-state index in [1.807, 2.05) is 0 Å². The maximum atomic E-state index is 7.32. The summed E-state index contributed by atoms with van der Waals surface area (Å²) in [5.41, 5.74) is 5.06. The van der Waals surface area contributed by atoms with Gasteiger partial charge in [-0.3, -0.25) is 0 Å². The zero-order valence-corrected chi connectivity index (χ0v) is 18.0. The molecule has 0 heterocycles. The molecule has 3 fully saturated rings. The molecule has 3 saturated carbocycles. The Bertz CT molecular complexity index is 732. The summed E-state index contributed by atoms with van der Waals surface area (Å²) < 4.78 is 0. The van der Waals surface area contributed by atoms with E-state index in [0.717, 1.165) is 29.6 Å². The van der Waals surface area contributed by atoms with Crippen molar-refractivity contribution in [3.63, 3.8) is 0 Å². The van der Waals surface area contributed by atoms with Gasteiger partial charge in [0, 0.05) is 12.3 Å². The molecule has 1 heteroatoms. The van der Waals surface area contributed by atoms with Crippen LogP contribution in [0.15, 0.2) is 48.1 Å². The average Bonchev–Trinajstić information content (AvgIpc) is 2.86. The monoisotopic (exact) mass is 363 g/mol. The minimum Gasteiger partial charge on any atom is -0.199 e. The van der Waals surface area contributed by atoms with Gasteiger partial charge in [-0.2, -0.15) is 5.26 Å². The number of nitrogens with zero attached hydrogens (tertiary/aromatic N) is 1. The van der Waals surface area contributed by atoms with Crippen LogP contribution in [0.2, 0.25) is 0 Å². The molecule has 0 bridgehead atoms.